The maximum Gasteiger partial charge on any atom is 0.115 e. The molecule has 0 aliphatic rings. The van der Waals surface area contributed by atoms with E-state index in [2.05, 4.69) is 20.4 Å². The average Bonchev–Trinajstić information content (AvgIpc) is 2.86. The van der Waals surface area contributed by atoms with E-state index in [0.29, 0.717) is 0 Å². The van der Waals surface area contributed by atoms with Crippen molar-refractivity contribution in [1.82, 2.24) is 20.4 Å². The summed E-state index contributed by atoms with van der Waals surface area (Å²) in [6, 6.07) is 12.0. The van der Waals surface area contributed by atoms with Crippen molar-refractivity contribution in [2.75, 3.05) is 0 Å². The average molecular weight is 222 g/mol. The van der Waals surface area contributed by atoms with Gasteiger partial charge in [0.05, 0.1) is 5.52 Å². The second-order valence-electron chi connectivity index (χ2n) is 3.66. The molecule has 0 fully saturated rings. The first-order chi connectivity index (χ1) is 8.43. The van der Waals surface area contributed by atoms with Gasteiger partial charge in [-0.25, -0.2) is 0 Å². The van der Waals surface area contributed by atoms with Gasteiger partial charge in [-0.05, 0) is 22.9 Å². The van der Waals surface area contributed by atoms with E-state index in [1.54, 1.807) is 0 Å². The van der Waals surface area contributed by atoms with Gasteiger partial charge in [0.1, 0.15) is 11.2 Å². The summed E-state index contributed by atoms with van der Waals surface area (Å²) in [7, 11) is 0. The summed E-state index contributed by atoms with van der Waals surface area (Å²) in [5.74, 6) is 0. The van der Waals surface area contributed by atoms with Gasteiger partial charge in [0.2, 0.25) is 0 Å². The molecule has 0 bridgehead atoms. The molecule has 0 spiro atoms. The zero-order chi connectivity index (χ0) is 11.5. The normalized spacial score (nSPS) is 11.3. The van der Waals surface area contributed by atoms with Crippen molar-refractivity contribution in [3.05, 3.63) is 53.9 Å². The first-order valence-corrected chi connectivity index (χ1v) is 5.33. The Bertz CT molecular complexity index is 655. The maximum absolute atomic E-state index is 4.02. The molecule has 0 amide bonds. The molecule has 0 unspecified atom stereocenters. The third-order valence-corrected chi connectivity index (χ3v) is 2.52. The summed E-state index contributed by atoms with van der Waals surface area (Å²) in [6.07, 6.45) is 5.77. The van der Waals surface area contributed by atoms with E-state index >= 15 is 0 Å². The molecule has 2 heterocycles. The molecule has 3 rings (SSSR count). The second-order valence-corrected chi connectivity index (χ2v) is 3.66. The number of aromatic nitrogens is 4. The number of benzene rings is 1. The third kappa shape index (κ3) is 1.92. The monoisotopic (exact) mass is 222 g/mol. The molecule has 17 heavy (non-hydrogen) atoms. The van der Waals surface area contributed by atoms with Crippen molar-refractivity contribution in [1.29, 1.82) is 0 Å². The summed E-state index contributed by atoms with van der Waals surface area (Å²) >= 11 is 0. The molecule has 82 valence electrons. The highest BCUT2D eigenvalue weighted by molar-refractivity contribution is 5.85. The Hall–Kier alpha value is -2.49. The van der Waals surface area contributed by atoms with Gasteiger partial charge in [-0.3, -0.25) is 0 Å². The van der Waals surface area contributed by atoms with Crippen molar-refractivity contribution in [3.8, 4) is 0 Å². The highest BCUT2D eigenvalue weighted by Gasteiger charge is 2.01. The molecule has 0 radical (unpaired) electrons. The van der Waals surface area contributed by atoms with Gasteiger partial charge < -0.3 is 4.98 Å². The Balaban J connectivity index is 2.00. The zero-order valence-corrected chi connectivity index (χ0v) is 9.04. The number of nitrogens with zero attached hydrogens (tertiary/aromatic N) is 3. The SMILES string of the molecule is C(=Cc1nnnc2cc[nH]c12)c1ccccc1. The van der Waals surface area contributed by atoms with Crippen molar-refractivity contribution < 1.29 is 0 Å². The predicted molar refractivity (Wildman–Crippen MR) is 67.1 cm³/mol. The Morgan fingerprint density at radius 3 is 2.71 bits per heavy atom. The van der Waals surface area contributed by atoms with Crippen LogP contribution in [0.15, 0.2) is 42.6 Å². The van der Waals surface area contributed by atoms with Crippen molar-refractivity contribution >= 4 is 23.2 Å². The lowest BCUT2D eigenvalue weighted by atomic mass is 10.2. The maximum atomic E-state index is 4.02. The van der Waals surface area contributed by atoms with Crippen molar-refractivity contribution in [3.63, 3.8) is 0 Å². The predicted octanol–water partition coefficient (Wildman–Crippen LogP) is 2.52. The van der Waals surface area contributed by atoms with E-state index in [4.69, 9.17) is 0 Å². The largest absolute Gasteiger partial charge is 0.358 e. The van der Waals surface area contributed by atoms with E-state index in [1.807, 2.05) is 54.7 Å². The fraction of sp³-hybridized carbons (Fsp3) is 0. The molecule has 0 saturated carbocycles. The van der Waals surface area contributed by atoms with E-state index in [0.717, 1.165) is 22.3 Å². The fourth-order valence-electron chi connectivity index (χ4n) is 1.67. The number of hydrogen-bond acceptors (Lipinski definition) is 3. The minimum absolute atomic E-state index is 0.795. The van der Waals surface area contributed by atoms with Gasteiger partial charge in [0.25, 0.3) is 0 Å². The Labute approximate surface area is 98.0 Å². The van der Waals surface area contributed by atoms with Gasteiger partial charge in [0, 0.05) is 6.20 Å². The van der Waals surface area contributed by atoms with Crippen molar-refractivity contribution in [2.24, 2.45) is 0 Å². The molecule has 1 aromatic carbocycles. The number of fused-ring (bicyclic) bond motifs is 1. The molecule has 2 aromatic heterocycles. The van der Waals surface area contributed by atoms with Crippen LogP contribution in [0.3, 0.4) is 0 Å². The minimum atomic E-state index is 0.795. The Morgan fingerprint density at radius 2 is 1.82 bits per heavy atom. The summed E-state index contributed by atoms with van der Waals surface area (Å²) in [4.78, 5) is 3.11. The van der Waals surface area contributed by atoms with Crippen LogP contribution in [0.1, 0.15) is 11.3 Å². The summed E-state index contributed by atoms with van der Waals surface area (Å²) in [5, 5.41) is 11.7. The van der Waals surface area contributed by atoms with Crippen LogP contribution in [-0.4, -0.2) is 20.4 Å². The number of aromatic amines is 1. The first-order valence-electron chi connectivity index (χ1n) is 5.33. The molecule has 1 N–H and O–H groups in total. The molecular formula is C13H10N4. The molecule has 3 aromatic rings. The van der Waals surface area contributed by atoms with Gasteiger partial charge in [-0.1, -0.05) is 36.4 Å². The number of H-pyrrole nitrogens is 1. The molecule has 0 aliphatic heterocycles. The highest BCUT2D eigenvalue weighted by Crippen LogP contribution is 2.13. The zero-order valence-electron chi connectivity index (χ0n) is 9.04. The van der Waals surface area contributed by atoms with Crippen LogP contribution in [0.2, 0.25) is 0 Å². The van der Waals surface area contributed by atoms with Crippen LogP contribution in [0.4, 0.5) is 0 Å². The molecule has 0 saturated heterocycles. The van der Waals surface area contributed by atoms with Crippen LogP contribution in [0, 0.1) is 0 Å². The van der Waals surface area contributed by atoms with Crippen LogP contribution in [0.25, 0.3) is 23.2 Å². The first kappa shape index (κ1) is 9.72. The van der Waals surface area contributed by atoms with Crippen LogP contribution in [-0.2, 0) is 0 Å². The number of rotatable bonds is 2. The van der Waals surface area contributed by atoms with Crippen molar-refractivity contribution in [2.45, 2.75) is 0 Å². The molecule has 4 nitrogen and oxygen atoms in total. The van der Waals surface area contributed by atoms with E-state index in [-0.39, 0.29) is 0 Å². The lowest BCUT2D eigenvalue weighted by Gasteiger charge is -1.94. The topological polar surface area (TPSA) is 54.5 Å². The van der Waals surface area contributed by atoms with E-state index in [9.17, 15) is 0 Å². The van der Waals surface area contributed by atoms with Gasteiger partial charge >= 0.3 is 0 Å². The van der Waals surface area contributed by atoms with E-state index in [1.165, 1.54) is 0 Å². The number of nitrogens with one attached hydrogen (secondary N) is 1. The lowest BCUT2D eigenvalue weighted by molar-refractivity contribution is 0.888. The molecule has 0 aliphatic carbocycles. The Morgan fingerprint density at radius 1 is 0.941 bits per heavy atom. The standard InChI is InChI=1S/C13H10N4/c1-2-4-10(5-3-1)6-7-11-13-12(8-9-14-13)16-17-15-11/h1-9,14H. The van der Waals surface area contributed by atoms with E-state index < -0.39 is 0 Å². The van der Waals surface area contributed by atoms with Gasteiger partial charge in [-0.15, -0.1) is 10.2 Å². The van der Waals surface area contributed by atoms with Crippen LogP contribution in [0.5, 0.6) is 0 Å². The summed E-state index contributed by atoms with van der Waals surface area (Å²) < 4.78 is 0. The van der Waals surface area contributed by atoms with Gasteiger partial charge in [0.15, 0.2) is 0 Å². The molecule has 0 atom stereocenters. The number of hydrogen-bond donors (Lipinski definition) is 1. The lowest BCUT2D eigenvalue weighted by Crippen LogP contribution is -1.91. The minimum Gasteiger partial charge on any atom is -0.358 e. The smallest absolute Gasteiger partial charge is 0.115 e. The summed E-state index contributed by atoms with van der Waals surface area (Å²) in [6.45, 7) is 0. The van der Waals surface area contributed by atoms with Gasteiger partial charge in [-0.2, -0.15) is 0 Å². The summed E-state index contributed by atoms with van der Waals surface area (Å²) in [5.41, 5.74) is 3.66. The highest BCUT2D eigenvalue weighted by atomic mass is 15.3. The molecular weight excluding hydrogens is 212 g/mol. The third-order valence-electron chi connectivity index (χ3n) is 2.52. The second kappa shape index (κ2) is 4.17. The fourth-order valence-corrected chi connectivity index (χ4v) is 1.67. The Kier molecular flexibility index (Phi) is 2.38. The van der Waals surface area contributed by atoms with Crippen LogP contribution >= 0.6 is 0 Å². The molecule has 4 heteroatoms. The quantitative estimate of drug-likeness (QED) is 0.724. The van der Waals surface area contributed by atoms with Crippen LogP contribution < -0.4 is 0 Å².